The molecule has 0 saturated heterocycles. The van der Waals surface area contributed by atoms with Crippen molar-refractivity contribution in [3.63, 3.8) is 0 Å². The third-order valence-corrected chi connectivity index (χ3v) is 16.9. The number of hydrogen-bond acceptors (Lipinski definition) is 15. The molecule has 424 valence electrons. The Morgan fingerprint density at radius 3 is 2.14 bits per heavy atom. The Labute approximate surface area is 448 Å². The number of aliphatic hydroxyl groups excluding tert-OH is 3. The van der Waals surface area contributed by atoms with Crippen LogP contribution in [0.15, 0.2) is 83.4 Å². The van der Waals surface area contributed by atoms with Crippen molar-refractivity contribution in [3.05, 3.63) is 89.7 Å². The SMILES string of the molecule is CN(C)C(=O)O[C@H]1[C@@H](O)[C@H](O)[C@@H](CO)C[C@@H]1OCCOCCCC(=O)CCCCC[N+]1=C(C=CC=CC=C2N(CCCCS(=O)(=O)O)c3ccccc3C2(C)CCCCS(=O)(=O)O)C(C)(C)c2cc(S(=O)(=O)O)ccc21. The monoisotopic (exact) mass is 1120 g/mol. The van der Waals surface area contributed by atoms with E-state index in [9.17, 15) is 63.8 Å². The third-order valence-electron chi connectivity index (χ3n) is 14.4. The number of Topliss-reactive ketones (excluding diaryl/α,β-unsaturated/α-hetero) is 1. The van der Waals surface area contributed by atoms with Crippen LogP contribution in [0.25, 0.3) is 0 Å². The second kappa shape index (κ2) is 27.5. The van der Waals surface area contributed by atoms with Crippen LogP contribution in [0.4, 0.5) is 16.2 Å². The van der Waals surface area contributed by atoms with Crippen LogP contribution in [-0.4, -0.2) is 171 Å². The highest BCUT2D eigenvalue weighted by atomic mass is 32.2. The minimum atomic E-state index is -4.49. The first-order valence-corrected chi connectivity index (χ1v) is 30.5. The summed E-state index contributed by atoms with van der Waals surface area (Å²) in [5, 5.41) is 30.7. The van der Waals surface area contributed by atoms with Crippen LogP contribution in [-0.2, 0) is 60.2 Å². The van der Waals surface area contributed by atoms with Gasteiger partial charge in [-0.2, -0.15) is 29.8 Å². The fourth-order valence-corrected chi connectivity index (χ4v) is 12.0. The molecule has 1 saturated carbocycles. The Balaban J connectivity index is 1.21. The molecular weight excluding hydrogens is 1050 g/mol. The first kappa shape index (κ1) is 62.4. The summed E-state index contributed by atoms with van der Waals surface area (Å²) in [6, 6.07) is 12.4. The lowest BCUT2D eigenvalue weighted by Gasteiger charge is -2.41. The Morgan fingerprint density at radius 2 is 1.47 bits per heavy atom. The number of allylic oxidation sites excluding steroid dienone is 6. The Kier molecular flexibility index (Phi) is 22.6. The van der Waals surface area contributed by atoms with Crippen LogP contribution in [0.2, 0.25) is 0 Å². The minimum Gasteiger partial charge on any atom is -0.440 e. The Morgan fingerprint density at radius 1 is 0.789 bits per heavy atom. The van der Waals surface area contributed by atoms with Crippen molar-refractivity contribution < 1.29 is 82.6 Å². The molecule has 1 aliphatic carbocycles. The zero-order valence-corrected chi connectivity index (χ0v) is 46.6. The van der Waals surface area contributed by atoms with Crippen molar-refractivity contribution in [2.45, 2.75) is 138 Å². The first-order chi connectivity index (χ1) is 35.7. The number of para-hydroxylation sites is 1. The summed E-state index contributed by atoms with van der Waals surface area (Å²) in [5.74, 6) is -1.30. The maximum atomic E-state index is 12.9. The standard InChI is InChI=1S/C53H77N3O17S3/c1-52(2)42-36-40(76(68,69)70)25-26-44(42)55(28-14-7-8-19-39(58)20-18-30-71-31-32-72-45-35-38(37-57)48(59)49(60)50(45)73-51(61)54(4)5)46(52)23-9-6-10-24-47-53(3,27-13-16-33-74(62,63)64)41-21-11-12-22-43(41)56(47)29-15-17-34-75(65,66)67/h6,9-12,21-26,36,38,45,48-50,57,59-60H,7-8,13-20,27-35,37H2,1-5H3,(H2-,62,63,64,65,66,67,68,69,70)/p+1/t38-,45+,48-,49+,50-,53?/m1/s1. The smallest absolute Gasteiger partial charge is 0.409 e. The number of ketones is 1. The van der Waals surface area contributed by atoms with E-state index in [1.807, 2.05) is 68.5 Å². The highest BCUT2D eigenvalue weighted by molar-refractivity contribution is 7.86. The molecule has 1 amide bonds. The van der Waals surface area contributed by atoms with Gasteiger partial charge in [-0.3, -0.25) is 18.5 Å². The number of benzene rings is 2. The van der Waals surface area contributed by atoms with Gasteiger partial charge in [-0.25, -0.2) is 4.79 Å². The summed E-state index contributed by atoms with van der Waals surface area (Å²) >= 11 is 0. The van der Waals surface area contributed by atoms with E-state index in [4.69, 9.17) is 14.2 Å². The van der Waals surface area contributed by atoms with Crippen molar-refractivity contribution in [1.29, 1.82) is 0 Å². The zero-order chi connectivity index (χ0) is 56.1. The van der Waals surface area contributed by atoms with Gasteiger partial charge in [0.2, 0.25) is 5.69 Å². The lowest BCUT2D eigenvalue weighted by atomic mass is 9.77. The van der Waals surface area contributed by atoms with Crippen LogP contribution in [0.3, 0.4) is 0 Å². The molecule has 5 rings (SSSR count). The summed E-state index contributed by atoms with van der Waals surface area (Å²) in [5.41, 5.74) is 3.98. The largest absolute Gasteiger partial charge is 0.440 e. The molecule has 6 atom stereocenters. The average molecular weight is 1130 g/mol. The summed E-state index contributed by atoms with van der Waals surface area (Å²) in [6.07, 6.45) is 9.67. The molecule has 0 spiro atoms. The molecule has 0 radical (unpaired) electrons. The fourth-order valence-electron chi connectivity index (χ4n) is 10.4. The number of hydrogen-bond donors (Lipinski definition) is 6. The number of unbranched alkanes of at least 4 members (excludes halogenated alkanes) is 4. The van der Waals surface area contributed by atoms with Gasteiger partial charge in [-0.05, 0) is 102 Å². The predicted octanol–water partition coefficient (Wildman–Crippen LogP) is 5.92. The van der Waals surface area contributed by atoms with Gasteiger partial charge in [0.25, 0.3) is 30.4 Å². The molecule has 0 aromatic heterocycles. The van der Waals surface area contributed by atoms with E-state index in [1.54, 1.807) is 6.07 Å². The summed E-state index contributed by atoms with van der Waals surface area (Å²) in [7, 11) is -9.80. The van der Waals surface area contributed by atoms with E-state index in [-0.39, 0.29) is 61.3 Å². The summed E-state index contributed by atoms with van der Waals surface area (Å²) < 4.78 is 118. The van der Waals surface area contributed by atoms with Crippen LogP contribution in [0.1, 0.15) is 109 Å². The predicted molar refractivity (Wildman–Crippen MR) is 287 cm³/mol. The van der Waals surface area contributed by atoms with E-state index in [2.05, 4.69) is 16.4 Å². The number of fused-ring (bicyclic) bond motifs is 2. The molecule has 1 unspecified atom stereocenters. The number of nitrogens with zero attached hydrogens (tertiary/aromatic N) is 3. The van der Waals surface area contributed by atoms with Crippen molar-refractivity contribution in [3.8, 4) is 0 Å². The number of rotatable bonds is 30. The van der Waals surface area contributed by atoms with E-state index in [1.165, 1.54) is 31.1 Å². The number of anilines is 1. The molecule has 20 nitrogen and oxygen atoms in total. The number of aliphatic hydroxyl groups is 3. The number of ether oxygens (including phenoxy) is 3. The van der Waals surface area contributed by atoms with Gasteiger partial charge in [0, 0.05) is 93.5 Å². The molecule has 1 fully saturated rings. The molecular formula is C53H78N3O17S3+. The lowest BCUT2D eigenvalue weighted by molar-refractivity contribution is -0.438. The zero-order valence-electron chi connectivity index (χ0n) is 44.2. The first-order valence-electron chi connectivity index (χ1n) is 25.9. The normalized spacial score (nSPS) is 23.2. The van der Waals surface area contributed by atoms with Gasteiger partial charge >= 0.3 is 6.09 Å². The van der Waals surface area contributed by atoms with Crippen LogP contribution >= 0.6 is 0 Å². The number of carbonyl (C=O) groups is 2. The van der Waals surface area contributed by atoms with Crippen LogP contribution in [0.5, 0.6) is 0 Å². The van der Waals surface area contributed by atoms with Gasteiger partial charge in [-0.15, -0.1) is 0 Å². The van der Waals surface area contributed by atoms with E-state index >= 15 is 0 Å². The quantitative estimate of drug-likeness (QED) is 0.0229. The van der Waals surface area contributed by atoms with E-state index < -0.39 is 77.6 Å². The second-order valence-corrected chi connectivity index (χ2v) is 25.3. The average Bonchev–Trinajstić information content (AvgIpc) is 3.70. The highest BCUT2D eigenvalue weighted by Gasteiger charge is 2.47. The Hall–Kier alpha value is -4.40. The molecule has 6 N–H and O–H groups in total. The van der Waals surface area contributed by atoms with Gasteiger partial charge in [0.05, 0.1) is 47.2 Å². The molecule has 0 bridgehead atoms. The fraction of sp³-hybridized carbons (Fsp3) is 0.604. The molecule has 2 aliphatic heterocycles. The summed E-state index contributed by atoms with van der Waals surface area (Å²) in [6.45, 7) is 7.22. The van der Waals surface area contributed by atoms with Crippen molar-refractivity contribution in [2.24, 2.45) is 5.92 Å². The molecule has 76 heavy (non-hydrogen) atoms. The molecule has 2 heterocycles. The minimum absolute atomic E-state index is 0.0920. The van der Waals surface area contributed by atoms with E-state index in [0.717, 1.165) is 34.8 Å². The van der Waals surface area contributed by atoms with E-state index in [0.29, 0.717) is 76.6 Å². The van der Waals surface area contributed by atoms with Crippen molar-refractivity contribution in [2.75, 3.05) is 70.0 Å². The van der Waals surface area contributed by atoms with Crippen LogP contribution < -0.4 is 4.90 Å². The number of carbonyl (C=O) groups excluding carboxylic acids is 2. The third kappa shape index (κ3) is 17.1. The molecule has 23 heteroatoms. The summed E-state index contributed by atoms with van der Waals surface area (Å²) in [4.78, 5) is 28.2. The van der Waals surface area contributed by atoms with Gasteiger partial charge < -0.3 is 39.3 Å². The molecule has 3 aliphatic rings. The van der Waals surface area contributed by atoms with Gasteiger partial charge in [-0.1, -0.05) is 42.8 Å². The maximum Gasteiger partial charge on any atom is 0.409 e. The molecule has 2 aromatic carbocycles. The Bertz CT molecular complexity index is 2790. The molecule has 2 aromatic rings. The highest BCUT2D eigenvalue weighted by Crippen LogP contribution is 2.51. The maximum absolute atomic E-state index is 12.9. The van der Waals surface area contributed by atoms with Crippen LogP contribution in [0, 0.1) is 5.92 Å². The topological polar surface area (TPSA) is 295 Å². The van der Waals surface area contributed by atoms with Crippen molar-refractivity contribution in [1.82, 2.24) is 4.90 Å². The van der Waals surface area contributed by atoms with Crippen molar-refractivity contribution >= 4 is 59.3 Å². The second-order valence-electron chi connectivity index (χ2n) is 20.7. The lowest BCUT2D eigenvalue weighted by Crippen LogP contribution is -2.57. The van der Waals surface area contributed by atoms with Gasteiger partial charge in [0.1, 0.15) is 18.4 Å². The number of amides is 1. The van der Waals surface area contributed by atoms with Gasteiger partial charge in [0.15, 0.2) is 11.8 Å².